The van der Waals surface area contributed by atoms with E-state index >= 15 is 0 Å². The molecule has 3 rings (SSSR count). The Morgan fingerprint density at radius 2 is 2.22 bits per heavy atom. The van der Waals surface area contributed by atoms with Crippen LogP contribution in [0.3, 0.4) is 0 Å². The predicted molar refractivity (Wildman–Crippen MR) is 78.9 cm³/mol. The zero-order valence-electron chi connectivity index (χ0n) is 12.1. The minimum absolute atomic E-state index is 0.0298. The minimum atomic E-state index is -0.913. The molecule has 1 saturated heterocycles. The first-order chi connectivity index (χ1) is 11.0. The zero-order valence-corrected chi connectivity index (χ0v) is 12.1. The van der Waals surface area contributed by atoms with Crippen LogP contribution >= 0.6 is 0 Å². The number of carbonyl (C=O) groups is 1. The molecule has 2 heterocycles. The molecule has 1 unspecified atom stereocenters. The molecule has 5 nitrogen and oxygen atoms in total. The second kappa shape index (κ2) is 5.80. The average molecular weight is 317 g/mol. The molecule has 0 aliphatic carbocycles. The van der Waals surface area contributed by atoms with E-state index in [1.165, 1.54) is 6.20 Å². The third-order valence-electron chi connectivity index (χ3n) is 4.07. The van der Waals surface area contributed by atoms with Gasteiger partial charge in [0.25, 0.3) is 0 Å². The summed E-state index contributed by atoms with van der Waals surface area (Å²) < 4.78 is 27.6. The molecule has 0 radical (unpaired) electrons. The van der Waals surface area contributed by atoms with Gasteiger partial charge in [0.15, 0.2) is 5.82 Å². The number of rotatable bonds is 2. The lowest BCUT2D eigenvalue weighted by molar-refractivity contribution is -0.141. The van der Waals surface area contributed by atoms with Crippen molar-refractivity contribution < 1.29 is 18.7 Å². The topological polar surface area (TPSA) is 77.2 Å². The quantitative estimate of drug-likeness (QED) is 0.921. The number of nitriles is 1. The fourth-order valence-corrected chi connectivity index (χ4v) is 3.02. The van der Waals surface area contributed by atoms with Gasteiger partial charge in [-0.25, -0.2) is 8.78 Å². The van der Waals surface area contributed by atoms with Gasteiger partial charge >= 0.3 is 5.97 Å². The third-order valence-corrected chi connectivity index (χ3v) is 4.07. The van der Waals surface area contributed by atoms with Gasteiger partial charge in [-0.1, -0.05) is 0 Å². The molecule has 2 aromatic rings. The van der Waals surface area contributed by atoms with E-state index < -0.39 is 23.5 Å². The van der Waals surface area contributed by atoms with Crippen LogP contribution in [0.25, 0.3) is 10.9 Å². The van der Waals surface area contributed by atoms with Crippen molar-refractivity contribution >= 4 is 22.6 Å². The van der Waals surface area contributed by atoms with E-state index in [0.717, 1.165) is 12.1 Å². The molecule has 0 saturated carbocycles. The van der Waals surface area contributed by atoms with Gasteiger partial charge in [0, 0.05) is 30.7 Å². The highest BCUT2D eigenvalue weighted by Crippen LogP contribution is 2.34. The maximum Gasteiger partial charge on any atom is 0.308 e. The summed E-state index contributed by atoms with van der Waals surface area (Å²) in [5, 5.41) is 18.7. The molecule has 23 heavy (non-hydrogen) atoms. The molecule has 1 aliphatic rings. The van der Waals surface area contributed by atoms with Crippen LogP contribution in [-0.4, -0.2) is 29.1 Å². The van der Waals surface area contributed by atoms with Crippen molar-refractivity contribution in [2.45, 2.75) is 12.8 Å². The molecule has 0 amide bonds. The molecule has 1 aromatic heterocycles. The van der Waals surface area contributed by atoms with Gasteiger partial charge in [-0.2, -0.15) is 5.26 Å². The summed E-state index contributed by atoms with van der Waals surface area (Å²) in [5.74, 6) is -3.06. The molecule has 1 fully saturated rings. The van der Waals surface area contributed by atoms with Gasteiger partial charge in [-0.3, -0.25) is 9.78 Å². The molecule has 1 aromatic carbocycles. The van der Waals surface area contributed by atoms with Gasteiger partial charge in [-0.15, -0.1) is 0 Å². The summed E-state index contributed by atoms with van der Waals surface area (Å²) in [7, 11) is 0. The first kappa shape index (κ1) is 15.2. The number of carboxylic acid groups (broad SMARTS) is 1. The van der Waals surface area contributed by atoms with Crippen LogP contribution in [0.5, 0.6) is 0 Å². The lowest BCUT2D eigenvalue weighted by Crippen LogP contribution is -2.39. The zero-order chi connectivity index (χ0) is 16.6. The number of anilines is 1. The molecule has 1 aliphatic heterocycles. The van der Waals surface area contributed by atoms with E-state index in [1.54, 1.807) is 4.90 Å². The Kier molecular flexibility index (Phi) is 3.82. The normalized spacial score (nSPS) is 18.0. The predicted octanol–water partition coefficient (Wildman–Crippen LogP) is 2.69. The minimum Gasteiger partial charge on any atom is -0.481 e. The van der Waals surface area contributed by atoms with E-state index in [1.807, 2.05) is 6.07 Å². The Labute approximate surface area is 130 Å². The van der Waals surface area contributed by atoms with Gasteiger partial charge in [0.1, 0.15) is 17.4 Å². The Morgan fingerprint density at radius 1 is 1.43 bits per heavy atom. The number of piperidine rings is 1. The van der Waals surface area contributed by atoms with Crippen molar-refractivity contribution in [3.8, 4) is 6.07 Å². The Balaban J connectivity index is 2.18. The first-order valence-electron chi connectivity index (χ1n) is 7.17. The highest BCUT2D eigenvalue weighted by molar-refractivity contribution is 5.95. The smallest absolute Gasteiger partial charge is 0.308 e. The standard InChI is InChI=1S/C16H13F2N3O2/c17-11-4-12-14(13(18)5-11)20-7-10(6-19)15(12)21-3-1-2-9(8-21)16(22)23/h4-5,7,9H,1-3,8H2,(H,22,23). The SMILES string of the molecule is N#Cc1cnc2c(F)cc(F)cc2c1N1CCCC(C(=O)O)C1. The number of aliphatic carboxylic acids is 1. The van der Waals surface area contributed by atoms with Crippen molar-refractivity contribution in [2.75, 3.05) is 18.0 Å². The number of benzene rings is 1. The van der Waals surface area contributed by atoms with Crippen molar-refractivity contribution in [1.82, 2.24) is 4.98 Å². The third kappa shape index (κ3) is 2.68. The lowest BCUT2D eigenvalue weighted by Gasteiger charge is -2.33. The highest BCUT2D eigenvalue weighted by atomic mass is 19.1. The maximum absolute atomic E-state index is 13.9. The molecular weight excluding hydrogens is 304 g/mol. The Morgan fingerprint density at radius 3 is 2.91 bits per heavy atom. The summed E-state index contributed by atoms with van der Waals surface area (Å²) in [6, 6.07) is 3.84. The van der Waals surface area contributed by atoms with Gasteiger partial charge in [0.05, 0.1) is 17.2 Å². The van der Waals surface area contributed by atoms with Crippen molar-refractivity contribution in [2.24, 2.45) is 5.92 Å². The van der Waals surface area contributed by atoms with Crippen LogP contribution in [-0.2, 0) is 4.79 Å². The monoisotopic (exact) mass is 317 g/mol. The fraction of sp³-hybridized carbons (Fsp3) is 0.312. The van der Waals surface area contributed by atoms with Gasteiger partial charge in [-0.05, 0) is 18.9 Å². The number of fused-ring (bicyclic) bond motifs is 1. The van der Waals surface area contributed by atoms with Crippen LogP contribution in [0.15, 0.2) is 18.3 Å². The Bertz CT molecular complexity index is 832. The number of hydrogen-bond donors (Lipinski definition) is 1. The number of aromatic nitrogens is 1. The number of hydrogen-bond acceptors (Lipinski definition) is 4. The van der Waals surface area contributed by atoms with E-state index in [2.05, 4.69) is 4.98 Å². The summed E-state index contributed by atoms with van der Waals surface area (Å²) in [5.41, 5.74) is 0.494. The van der Waals surface area contributed by atoms with E-state index in [0.29, 0.717) is 25.1 Å². The number of nitrogens with zero attached hydrogens (tertiary/aromatic N) is 3. The molecule has 1 N–H and O–H groups in total. The first-order valence-corrected chi connectivity index (χ1v) is 7.17. The second-order valence-electron chi connectivity index (χ2n) is 5.54. The largest absolute Gasteiger partial charge is 0.481 e. The lowest BCUT2D eigenvalue weighted by atomic mass is 9.96. The number of halogens is 2. The van der Waals surface area contributed by atoms with E-state index in [9.17, 15) is 23.9 Å². The average Bonchev–Trinajstić information content (AvgIpc) is 2.53. The molecule has 0 spiro atoms. The maximum atomic E-state index is 13.9. The fourth-order valence-electron chi connectivity index (χ4n) is 3.02. The van der Waals surface area contributed by atoms with Crippen LogP contribution in [0.4, 0.5) is 14.5 Å². The summed E-state index contributed by atoms with van der Waals surface area (Å²) in [4.78, 5) is 16.8. The van der Waals surface area contributed by atoms with Crippen molar-refractivity contribution in [1.29, 1.82) is 5.26 Å². The summed E-state index contributed by atoms with van der Waals surface area (Å²) in [6.45, 7) is 0.719. The van der Waals surface area contributed by atoms with Crippen LogP contribution in [0, 0.1) is 28.9 Å². The van der Waals surface area contributed by atoms with E-state index in [4.69, 9.17) is 0 Å². The molecule has 7 heteroatoms. The van der Waals surface area contributed by atoms with E-state index in [-0.39, 0.29) is 23.0 Å². The summed E-state index contributed by atoms with van der Waals surface area (Å²) >= 11 is 0. The Hall–Kier alpha value is -2.75. The number of carboxylic acids is 1. The van der Waals surface area contributed by atoms with Gasteiger partial charge < -0.3 is 10.0 Å². The van der Waals surface area contributed by atoms with Crippen LogP contribution < -0.4 is 4.90 Å². The highest BCUT2D eigenvalue weighted by Gasteiger charge is 2.28. The molecular formula is C16H13F2N3O2. The molecule has 118 valence electrons. The molecule has 1 atom stereocenters. The van der Waals surface area contributed by atoms with Crippen molar-refractivity contribution in [3.05, 3.63) is 35.5 Å². The second-order valence-corrected chi connectivity index (χ2v) is 5.54. The summed E-state index contributed by atoms with van der Waals surface area (Å²) in [6.07, 6.45) is 2.41. The van der Waals surface area contributed by atoms with Crippen molar-refractivity contribution in [3.63, 3.8) is 0 Å². The number of pyridine rings is 1. The van der Waals surface area contributed by atoms with Gasteiger partial charge in [0.2, 0.25) is 0 Å². The van der Waals surface area contributed by atoms with Crippen LogP contribution in [0.2, 0.25) is 0 Å². The van der Waals surface area contributed by atoms with Crippen LogP contribution in [0.1, 0.15) is 18.4 Å². The molecule has 0 bridgehead atoms.